The predicted molar refractivity (Wildman–Crippen MR) is 118 cm³/mol. The number of benzene rings is 2. The van der Waals surface area contributed by atoms with Crippen LogP contribution in [0.15, 0.2) is 53.7 Å². The van der Waals surface area contributed by atoms with Gasteiger partial charge in [-0.1, -0.05) is 60.8 Å². The van der Waals surface area contributed by atoms with Crippen LogP contribution in [0.3, 0.4) is 0 Å². The number of nitrogens with zero attached hydrogens (tertiary/aromatic N) is 1. The van der Waals surface area contributed by atoms with Crippen molar-refractivity contribution in [2.75, 3.05) is 4.90 Å². The van der Waals surface area contributed by atoms with Crippen molar-refractivity contribution in [2.24, 2.45) is 5.41 Å². The van der Waals surface area contributed by atoms with Crippen LogP contribution in [0.2, 0.25) is 10.0 Å². The van der Waals surface area contributed by atoms with Crippen LogP contribution in [0.5, 0.6) is 0 Å². The van der Waals surface area contributed by atoms with E-state index >= 15 is 0 Å². The van der Waals surface area contributed by atoms with E-state index in [1.54, 1.807) is 17.0 Å². The number of allylic oxidation sites excluding steroid dienone is 2. The quantitative estimate of drug-likeness (QED) is 0.550. The minimum atomic E-state index is -0.294. The molecule has 1 amide bonds. The standard InChI is InChI=1S/C24H23Cl2NO2/c1-14-4-7-16(8-5-14)27-20-12-24(2,3)13-21(28)23(20)17(11-22(27)29)15-6-9-18(25)19(26)10-15/h4-10,17H,11-13H2,1-3H3. The number of carbonyl (C=O) groups is 2. The lowest BCUT2D eigenvalue weighted by Crippen LogP contribution is -2.43. The molecule has 0 fully saturated rings. The van der Waals surface area contributed by atoms with Gasteiger partial charge in [0.05, 0.1) is 10.0 Å². The number of rotatable bonds is 2. The van der Waals surface area contributed by atoms with Crippen molar-refractivity contribution in [1.29, 1.82) is 0 Å². The van der Waals surface area contributed by atoms with Crippen LogP contribution in [0.4, 0.5) is 5.69 Å². The zero-order valence-electron chi connectivity index (χ0n) is 16.8. The highest BCUT2D eigenvalue weighted by molar-refractivity contribution is 6.42. The highest BCUT2D eigenvalue weighted by Gasteiger charge is 2.44. The van der Waals surface area contributed by atoms with Gasteiger partial charge in [0.1, 0.15) is 0 Å². The average molecular weight is 428 g/mol. The van der Waals surface area contributed by atoms with E-state index in [2.05, 4.69) is 13.8 Å². The fourth-order valence-electron chi connectivity index (χ4n) is 4.42. The first-order valence-corrected chi connectivity index (χ1v) is 10.5. The summed E-state index contributed by atoms with van der Waals surface area (Å²) in [4.78, 5) is 28.3. The fourth-order valence-corrected chi connectivity index (χ4v) is 4.73. The topological polar surface area (TPSA) is 37.4 Å². The molecule has 0 radical (unpaired) electrons. The van der Waals surface area contributed by atoms with Crippen LogP contribution < -0.4 is 4.90 Å². The first-order chi connectivity index (χ1) is 13.7. The van der Waals surface area contributed by atoms with Crippen molar-refractivity contribution >= 4 is 40.6 Å². The van der Waals surface area contributed by atoms with Gasteiger partial charge < -0.3 is 0 Å². The normalized spacial score (nSPS) is 21.4. The number of Topliss-reactive ketones (excluding diaryl/α,β-unsaturated/α-hetero) is 1. The van der Waals surface area contributed by atoms with Crippen molar-refractivity contribution in [2.45, 2.75) is 46.0 Å². The molecule has 3 nitrogen and oxygen atoms in total. The molecule has 2 aromatic rings. The van der Waals surface area contributed by atoms with Crippen molar-refractivity contribution in [1.82, 2.24) is 0 Å². The maximum Gasteiger partial charge on any atom is 0.232 e. The van der Waals surface area contributed by atoms with Gasteiger partial charge in [-0.3, -0.25) is 14.5 Å². The number of hydrogen-bond acceptors (Lipinski definition) is 2. The van der Waals surface area contributed by atoms with Crippen molar-refractivity contribution < 1.29 is 9.59 Å². The van der Waals surface area contributed by atoms with E-state index in [-0.39, 0.29) is 29.4 Å². The summed E-state index contributed by atoms with van der Waals surface area (Å²) in [5.41, 5.74) is 4.16. The SMILES string of the molecule is Cc1ccc(N2C(=O)CC(c3ccc(Cl)c(Cl)c3)C3=C2CC(C)(C)CC3=O)cc1. The molecule has 29 heavy (non-hydrogen) atoms. The molecular weight excluding hydrogens is 405 g/mol. The molecule has 0 aromatic heterocycles. The molecule has 2 aliphatic rings. The Hall–Kier alpha value is -2.10. The van der Waals surface area contributed by atoms with Crippen LogP contribution in [0.25, 0.3) is 0 Å². The highest BCUT2D eigenvalue weighted by atomic mass is 35.5. The summed E-state index contributed by atoms with van der Waals surface area (Å²) < 4.78 is 0. The predicted octanol–water partition coefficient (Wildman–Crippen LogP) is 6.47. The van der Waals surface area contributed by atoms with Crippen LogP contribution in [-0.2, 0) is 9.59 Å². The van der Waals surface area contributed by atoms with Gasteiger partial charge in [-0.2, -0.15) is 0 Å². The van der Waals surface area contributed by atoms with E-state index in [9.17, 15) is 9.59 Å². The lowest BCUT2D eigenvalue weighted by atomic mass is 9.69. The molecule has 4 rings (SSSR count). The summed E-state index contributed by atoms with van der Waals surface area (Å²) in [6.07, 6.45) is 1.38. The molecule has 1 aliphatic heterocycles. The Morgan fingerprint density at radius 3 is 2.31 bits per heavy atom. The van der Waals surface area contributed by atoms with Gasteiger partial charge in [0.25, 0.3) is 0 Å². The Balaban J connectivity index is 1.89. The molecule has 0 saturated carbocycles. The Labute approximate surface area is 181 Å². The van der Waals surface area contributed by atoms with Gasteiger partial charge in [-0.15, -0.1) is 0 Å². The Morgan fingerprint density at radius 2 is 1.66 bits per heavy atom. The van der Waals surface area contributed by atoms with Crippen LogP contribution in [0.1, 0.15) is 50.2 Å². The molecule has 1 atom stereocenters. The summed E-state index contributed by atoms with van der Waals surface area (Å²) >= 11 is 12.3. The number of hydrogen-bond donors (Lipinski definition) is 0. The van der Waals surface area contributed by atoms with E-state index in [1.165, 1.54) is 0 Å². The minimum absolute atomic E-state index is 0.00539. The molecule has 5 heteroatoms. The summed E-state index contributed by atoms with van der Waals surface area (Å²) in [6, 6.07) is 13.3. The Kier molecular flexibility index (Phi) is 5.08. The number of halogens is 2. The number of aryl methyl sites for hydroxylation is 1. The summed E-state index contributed by atoms with van der Waals surface area (Å²) in [6.45, 7) is 6.17. The zero-order chi connectivity index (χ0) is 20.9. The zero-order valence-corrected chi connectivity index (χ0v) is 18.3. The molecule has 0 N–H and O–H groups in total. The van der Waals surface area contributed by atoms with Gasteiger partial charge in [0.15, 0.2) is 5.78 Å². The summed E-state index contributed by atoms with van der Waals surface area (Å²) in [5.74, 6) is -0.191. The molecule has 1 aliphatic carbocycles. The molecule has 1 heterocycles. The number of anilines is 1. The molecule has 0 saturated heterocycles. The van der Waals surface area contributed by atoms with Gasteiger partial charge >= 0.3 is 0 Å². The maximum absolute atomic E-state index is 13.3. The third-order valence-corrected chi connectivity index (χ3v) is 6.52. The van der Waals surface area contributed by atoms with E-state index in [1.807, 2.05) is 37.3 Å². The third kappa shape index (κ3) is 3.74. The first kappa shape index (κ1) is 20.2. The van der Waals surface area contributed by atoms with Gasteiger partial charge in [0.2, 0.25) is 5.91 Å². The summed E-state index contributed by atoms with van der Waals surface area (Å²) in [7, 11) is 0. The molecule has 1 unspecified atom stereocenters. The van der Waals surface area contributed by atoms with Crippen molar-refractivity contribution in [3.8, 4) is 0 Å². The van der Waals surface area contributed by atoms with Crippen LogP contribution >= 0.6 is 23.2 Å². The number of carbonyl (C=O) groups excluding carboxylic acids is 2. The fraction of sp³-hybridized carbons (Fsp3) is 0.333. The molecule has 0 bridgehead atoms. The summed E-state index contributed by atoms with van der Waals surface area (Å²) in [5, 5.41) is 0.896. The first-order valence-electron chi connectivity index (χ1n) is 9.77. The van der Waals surface area contributed by atoms with Crippen molar-refractivity contribution in [3.05, 3.63) is 74.9 Å². The number of ketones is 1. The maximum atomic E-state index is 13.3. The van der Waals surface area contributed by atoms with E-state index < -0.39 is 0 Å². The minimum Gasteiger partial charge on any atom is -0.294 e. The molecule has 150 valence electrons. The van der Waals surface area contributed by atoms with Crippen LogP contribution in [0, 0.1) is 12.3 Å². The second kappa shape index (κ2) is 7.30. The average Bonchev–Trinajstić information content (AvgIpc) is 2.63. The lowest BCUT2D eigenvalue weighted by molar-refractivity contribution is -0.121. The van der Waals surface area contributed by atoms with Gasteiger partial charge in [-0.05, 0) is 48.6 Å². The highest BCUT2D eigenvalue weighted by Crippen LogP contribution is 2.48. The molecule has 2 aromatic carbocycles. The molecule has 0 spiro atoms. The largest absolute Gasteiger partial charge is 0.294 e. The monoisotopic (exact) mass is 427 g/mol. The number of amides is 1. The second-order valence-electron chi connectivity index (χ2n) is 8.80. The van der Waals surface area contributed by atoms with Crippen molar-refractivity contribution in [3.63, 3.8) is 0 Å². The smallest absolute Gasteiger partial charge is 0.232 e. The van der Waals surface area contributed by atoms with E-state index in [4.69, 9.17) is 23.2 Å². The van der Waals surface area contributed by atoms with Gasteiger partial charge in [0, 0.05) is 35.7 Å². The lowest BCUT2D eigenvalue weighted by Gasteiger charge is -2.43. The third-order valence-electron chi connectivity index (χ3n) is 5.78. The second-order valence-corrected chi connectivity index (χ2v) is 9.61. The van der Waals surface area contributed by atoms with Gasteiger partial charge in [-0.25, -0.2) is 0 Å². The molecular formula is C24H23Cl2NO2. The van der Waals surface area contributed by atoms with Crippen LogP contribution in [-0.4, -0.2) is 11.7 Å². The Bertz CT molecular complexity index is 1040. The van der Waals surface area contributed by atoms with E-state index in [0.29, 0.717) is 22.9 Å². The van der Waals surface area contributed by atoms with E-state index in [0.717, 1.165) is 28.1 Å². The Morgan fingerprint density at radius 1 is 0.966 bits per heavy atom.